The van der Waals surface area contributed by atoms with Crippen LogP contribution in [-0.4, -0.2) is 85.4 Å². The van der Waals surface area contributed by atoms with Gasteiger partial charge < -0.3 is 34.3 Å². The molecule has 1 aliphatic heterocycles. The molecule has 0 radical (unpaired) electrons. The van der Waals surface area contributed by atoms with Crippen LogP contribution in [0.4, 0.5) is 10.1 Å². The zero-order valence-electron chi connectivity index (χ0n) is 27.5. The maximum Gasteiger partial charge on any atom is 0.312 e. The number of anilines is 1. The van der Waals surface area contributed by atoms with Crippen LogP contribution >= 0.6 is 0 Å². The molecule has 3 unspecified atom stereocenters. The number of hydrogen-bond donors (Lipinski definition) is 2. The van der Waals surface area contributed by atoms with E-state index in [0.29, 0.717) is 41.5 Å². The molecule has 0 spiro atoms. The number of ether oxygens (including phenoxy) is 3. The van der Waals surface area contributed by atoms with E-state index in [1.54, 1.807) is 6.07 Å². The quantitative estimate of drug-likeness (QED) is 0.297. The number of likely N-dealkylation sites (N-methyl/N-ethyl adjacent to an activating group) is 1. The summed E-state index contributed by atoms with van der Waals surface area (Å²) >= 11 is 0. The number of rotatable bonds is 10. The van der Waals surface area contributed by atoms with E-state index in [1.807, 2.05) is 53.4 Å². The molecule has 45 heavy (non-hydrogen) atoms. The minimum absolute atomic E-state index is 0.0626. The molecule has 2 aromatic rings. The van der Waals surface area contributed by atoms with Crippen molar-refractivity contribution in [1.29, 1.82) is 0 Å². The number of halogens is 1. The fourth-order valence-electron chi connectivity index (χ4n) is 6.45. The van der Waals surface area contributed by atoms with Crippen molar-refractivity contribution in [1.82, 2.24) is 4.57 Å². The Morgan fingerprint density at radius 3 is 2.51 bits per heavy atom. The van der Waals surface area contributed by atoms with Crippen molar-refractivity contribution < 1.29 is 42.3 Å². The lowest BCUT2D eigenvalue weighted by Crippen LogP contribution is -2.44. The van der Waals surface area contributed by atoms with Gasteiger partial charge >= 0.3 is 11.9 Å². The molecular weight excluding hydrogens is 583 g/mol. The molecule has 0 saturated carbocycles. The van der Waals surface area contributed by atoms with Crippen LogP contribution in [0.2, 0.25) is 0 Å². The largest absolute Gasteiger partial charge is 0.456 e. The summed E-state index contributed by atoms with van der Waals surface area (Å²) < 4.78 is 34.6. The van der Waals surface area contributed by atoms with Gasteiger partial charge in [0.2, 0.25) is 6.29 Å². The summed E-state index contributed by atoms with van der Waals surface area (Å²) in [6.45, 7) is 9.82. The summed E-state index contributed by atoms with van der Waals surface area (Å²) in [5, 5.41) is 3.25. The van der Waals surface area contributed by atoms with Crippen LogP contribution in [0.1, 0.15) is 84.1 Å². The molecule has 2 aliphatic rings. The van der Waals surface area contributed by atoms with E-state index >= 15 is 4.39 Å². The van der Waals surface area contributed by atoms with Crippen molar-refractivity contribution in [2.45, 2.75) is 85.2 Å². The number of fused-ring (bicyclic) bond motifs is 1. The van der Waals surface area contributed by atoms with E-state index in [4.69, 9.17) is 19.9 Å². The number of carbonyl (C=O) groups is 4. The highest BCUT2D eigenvalue weighted by Gasteiger charge is 2.37. The van der Waals surface area contributed by atoms with E-state index < -0.39 is 36.1 Å². The Morgan fingerprint density at radius 2 is 1.89 bits per heavy atom. The molecule has 0 bridgehead atoms. The van der Waals surface area contributed by atoms with Gasteiger partial charge in [-0.25, -0.2) is 4.39 Å². The lowest BCUT2D eigenvalue weighted by molar-refractivity contribution is -0.873. The first kappa shape index (κ1) is 34.1. The fourth-order valence-corrected chi connectivity index (χ4v) is 6.45. The van der Waals surface area contributed by atoms with Crippen molar-refractivity contribution >= 4 is 29.3 Å². The van der Waals surface area contributed by atoms with Gasteiger partial charge in [-0.2, -0.15) is 0 Å². The van der Waals surface area contributed by atoms with Crippen molar-refractivity contribution in [2.75, 3.05) is 39.6 Å². The van der Waals surface area contributed by atoms with Crippen LogP contribution in [0, 0.1) is 25.1 Å². The fraction of sp³-hybridized carbons (Fsp3) is 0.576. The van der Waals surface area contributed by atoms with Gasteiger partial charge in [0.25, 0.3) is 5.91 Å². The van der Waals surface area contributed by atoms with Gasteiger partial charge in [0.15, 0.2) is 11.9 Å². The van der Waals surface area contributed by atoms with Gasteiger partial charge in [0, 0.05) is 42.8 Å². The summed E-state index contributed by atoms with van der Waals surface area (Å²) in [4.78, 5) is 49.9. The number of benzene rings is 1. The van der Waals surface area contributed by atoms with E-state index in [2.05, 4.69) is 5.32 Å². The van der Waals surface area contributed by atoms with Crippen LogP contribution < -0.4 is 11.1 Å². The molecule has 1 aromatic carbocycles. The Morgan fingerprint density at radius 1 is 1.20 bits per heavy atom. The lowest BCUT2D eigenvalue weighted by Gasteiger charge is -2.32. The van der Waals surface area contributed by atoms with Gasteiger partial charge in [-0.05, 0) is 49.8 Å². The number of nitrogens with one attached hydrogen (secondary N) is 1. The maximum atomic E-state index is 15.6. The number of esters is 2. The van der Waals surface area contributed by atoms with Crippen molar-refractivity contribution in [3.05, 3.63) is 46.0 Å². The van der Waals surface area contributed by atoms with Crippen molar-refractivity contribution in [3.63, 3.8) is 0 Å². The number of amides is 1. The number of quaternary nitrogens is 1. The van der Waals surface area contributed by atoms with Crippen LogP contribution in [0.25, 0.3) is 5.69 Å². The molecule has 12 heteroatoms. The number of ketones is 1. The monoisotopic (exact) mass is 629 g/mol. The summed E-state index contributed by atoms with van der Waals surface area (Å²) in [7, 11) is 5.77. The van der Waals surface area contributed by atoms with Crippen molar-refractivity contribution in [3.8, 4) is 5.69 Å². The summed E-state index contributed by atoms with van der Waals surface area (Å²) in [6, 6.07) is 2.60. The summed E-state index contributed by atoms with van der Waals surface area (Å²) in [6.07, 6.45) is 0.0884. The van der Waals surface area contributed by atoms with Gasteiger partial charge in [0.1, 0.15) is 12.4 Å². The minimum atomic E-state index is -0.927. The number of nitrogens with two attached hydrogens (primary N) is 1. The Kier molecular flexibility index (Phi) is 9.79. The molecule has 3 atom stereocenters. The molecule has 11 nitrogen and oxygen atoms in total. The zero-order valence-corrected chi connectivity index (χ0v) is 27.5. The topological polar surface area (TPSA) is 139 Å². The maximum absolute atomic E-state index is 15.6. The summed E-state index contributed by atoms with van der Waals surface area (Å²) in [5.74, 6) is -2.71. The molecule has 246 valence electrons. The average Bonchev–Trinajstić information content (AvgIpc) is 3.10. The lowest BCUT2D eigenvalue weighted by atomic mass is 9.75. The number of Topliss-reactive ketones (excluding diaryl/α,β-unsaturated/α-hetero) is 1. The van der Waals surface area contributed by atoms with Crippen LogP contribution in [-0.2, 0) is 30.2 Å². The third kappa shape index (κ3) is 8.09. The first-order chi connectivity index (χ1) is 20.8. The molecule has 1 aromatic heterocycles. The molecule has 3 N–H and O–H groups in total. The predicted octanol–water partition coefficient (Wildman–Crippen LogP) is 3.98. The normalized spacial score (nSPS) is 20.2. The third-order valence-electron chi connectivity index (χ3n) is 8.30. The van der Waals surface area contributed by atoms with E-state index in [1.165, 1.54) is 13.0 Å². The number of primary amides is 1. The molecule has 1 aliphatic carbocycles. The number of nitrogens with zero attached hydrogens (tertiary/aromatic N) is 2. The van der Waals surface area contributed by atoms with Crippen LogP contribution in [0.3, 0.4) is 0 Å². The Labute approximate surface area is 263 Å². The standard InChI is InChI=1S/C33H45FN4O7/c1-18-19(2)37(26-15-33(4,5)16-27(40)30(18)26)22-12-24(34)31(32(35)42)25(13-22)36-21-9-10-43-29(11-21)45-28(41)14-23(44-20(3)39)17-38(6,7)8/h12-13,21,23,29H,9-11,14-17H2,1-8H3,(H2-,35,36,42)/p+1. The van der Waals surface area contributed by atoms with Crippen molar-refractivity contribution in [2.24, 2.45) is 11.1 Å². The number of aromatic nitrogens is 1. The smallest absolute Gasteiger partial charge is 0.312 e. The molecule has 1 amide bonds. The zero-order chi connectivity index (χ0) is 33.4. The number of carbonyl (C=O) groups excluding carboxylic acids is 4. The Hall–Kier alpha value is -3.77. The first-order valence-corrected chi connectivity index (χ1v) is 15.3. The molecule has 2 heterocycles. The SMILES string of the molecule is CC(=O)OC(CC(=O)OC1CC(Nc2cc(-n3c(C)c(C)c4c3CC(C)(C)CC4=O)cc(F)c2C(N)=O)CCO1)C[N+](C)(C)C. The van der Waals surface area contributed by atoms with Gasteiger partial charge in [0.05, 0.1) is 51.1 Å². The highest BCUT2D eigenvalue weighted by Crippen LogP contribution is 2.40. The molecular formula is C33H46FN4O7+. The van der Waals surface area contributed by atoms with E-state index in [0.717, 1.165) is 17.0 Å². The number of hydrogen-bond acceptors (Lipinski definition) is 8. The van der Waals surface area contributed by atoms with Crippen LogP contribution in [0.5, 0.6) is 0 Å². The highest BCUT2D eigenvalue weighted by atomic mass is 19.1. The van der Waals surface area contributed by atoms with Crippen LogP contribution in [0.15, 0.2) is 12.1 Å². The average molecular weight is 630 g/mol. The molecule has 1 fully saturated rings. The minimum Gasteiger partial charge on any atom is -0.456 e. The van der Waals surface area contributed by atoms with Gasteiger partial charge in [-0.1, -0.05) is 13.8 Å². The second-order valence-corrected chi connectivity index (χ2v) is 14.1. The van der Waals surface area contributed by atoms with Gasteiger partial charge in [-0.3, -0.25) is 19.2 Å². The van der Waals surface area contributed by atoms with E-state index in [-0.39, 0.29) is 47.9 Å². The second-order valence-electron chi connectivity index (χ2n) is 14.1. The molecule has 1 saturated heterocycles. The predicted molar refractivity (Wildman–Crippen MR) is 166 cm³/mol. The van der Waals surface area contributed by atoms with E-state index in [9.17, 15) is 19.2 Å². The first-order valence-electron chi connectivity index (χ1n) is 15.3. The van der Waals surface area contributed by atoms with Gasteiger partial charge in [-0.15, -0.1) is 0 Å². The Bertz CT molecular complexity index is 1510. The Balaban J connectivity index is 1.57. The molecule has 4 rings (SSSR count). The summed E-state index contributed by atoms with van der Waals surface area (Å²) in [5.41, 5.74) is 8.92. The highest BCUT2D eigenvalue weighted by molar-refractivity contribution is 6.01. The second kappa shape index (κ2) is 12.9. The third-order valence-corrected chi connectivity index (χ3v) is 8.30.